The van der Waals surface area contributed by atoms with Crippen LogP contribution in [0.5, 0.6) is 0 Å². The average Bonchev–Trinajstić information content (AvgIpc) is 3.24. The second-order valence-electron chi connectivity index (χ2n) is 6.43. The van der Waals surface area contributed by atoms with Crippen molar-refractivity contribution in [2.45, 2.75) is 26.7 Å². The molecule has 2 N–H and O–H groups in total. The van der Waals surface area contributed by atoms with Gasteiger partial charge in [0.25, 0.3) is 5.91 Å². The fraction of sp³-hybridized carbons (Fsp3) is 0.200. The molecule has 5 nitrogen and oxygen atoms in total. The van der Waals surface area contributed by atoms with Crippen LogP contribution >= 0.6 is 11.3 Å². The van der Waals surface area contributed by atoms with E-state index in [4.69, 9.17) is 0 Å². The lowest BCUT2D eigenvalue weighted by atomic mass is 10.0. The van der Waals surface area contributed by atoms with Crippen LogP contribution in [0.4, 0.5) is 11.4 Å². The third kappa shape index (κ3) is 2.93. The Balaban J connectivity index is 1.65. The van der Waals surface area contributed by atoms with Crippen molar-refractivity contribution in [3.8, 4) is 5.00 Å². The van der Waals surface area contributed by atoms with Crippen LogP contribution in [-0.4, -0.2) is 16.4 Å². The molecule has 1 aliphatic heterocycles. The molecular weight excluding hydrogens is 346 g/mol. The average molecular weight is 365 g/mol. The predicted molar refractivity (Wildman–Crippen MR) is 104 cm³/mol. The number of nitrogens with one attached hydrogen (secondary N) is 2. The van der Waals surface area contributed by atoms with Gasteiger partial charge in [-0.2, -0.15) is 0 Å². The summed E-state index contributed by atoms with van der Waals surface area (Å²) in [7, 11) is 0. The normalized spacial score (nSPS) is 13.2. The van der Waals surface area contributed by atoms with E-state index in [2.05, 4.69) is 10.6 Å². The van der Waals surface area contributed by atoms with Gasteiger partial charge in [-0.1, -0.05) is 0 Å². The van der Waals surface area contributed by atoms with Crippen molar-refractivity contribution < 1.29 is 9.59 Å². The van der Waals surface area contributed by atoms with Crippen LogP contribution in [0.2, 0.25) is 0 Å². The summed E-state index contributed by atoms with van der Waals surface area (Å²) in [6.07, 6.45) is 5.06. The molecule has 3 aromatic rings. The van der Waals surface area contributed by atoms with Gasteiger partial charge in [0.05, 0.1) is 5.56 Å². The van der Waals surface area contributed by atoms with Crippen LogP contribution in [0, 0.1) is 13.8 Å². The number of aromatic nitrogens is 1. The molecule has 0 aliphatic carbocycles. The molecule has 2 amide bonds. The molecule has 0 atom stereocenters. The van der Waals surface area contributed by atoms with Crippen LogP contribution in [-0.2, 0) is 11.2 Å². The fourth-order valence-electron chi connectivity index (χ4n) is 3.18. The topological polar surface area (TPSA) is 63.1 Å². The lowest BCUT2D eigenvalue weighted by Gasteiger charge is -2.18. The van der Waals surface area contributed by atoms with Gasteiger partial charge in [0, 0.05) is 35.1 Å². The molecule has 1 aromatic carbocycles. The van der Waals surface area contributed by atoms with Gasteiger partial charge in [-0.25, -0.2) is 0 Å². The number of anilines is 2. The highest BCUT2D eigenvalue weighted by Crippen LogP contribution is 2.32. The summed E-state index contributed by atoms with van der Waals surface area (Å²) in [6.45, 7) is 4.02. The molecule has 0 saturated heterocycles. The van der Waals surface area contributed by atoms with Crippen LogP contribution in [0.15, 0.2) is 42.7 Å². The van der Waals surface area contributed by atoms with Crippen molar-refractivity contribution in [1.29, 1.82) is 0 Å². The van der Waals surface area contributed by atoms with E-state index in [0.717, 1.165) is 32.4 Å². The smallest absolute Gasteiger partial charge is 0.258 e. The number of carbonyl (C=O) groups excluding carboxylic acids is 2. The molecule has 1 aliphatic rings. The van der Waals surface area contributed by atoms with Gasteiger partial charge in [-0.05, 0) is 61.7 Å². The first-order chi connectivity index (χ1) is 12.5. The first-order valence-electron chi connectivity index (χ1n) is 8.50. The summed E-state index contributed by atoms with van der Waals surface area (Å²) in [5, 5.41) is 6.80. The van der Waals surface area contributed by atoms with E-state index in [0.29, 0.717) is 18.4 Å². The maximum Gasteiger partial charge on any atom is 0.258 e. The monoisotopic (exact) mass is 365 g/mol. The number of carbonyl (C=O) groups is 2. The van der Waals surface area contributed by atoms with E-state index < -0.39 is 0 Å². The highest BCUT2D eigenvalue weighted by Gasteiger charge is 2.21. The first-order valence-corrected chi connectivity index (χ1v) is 9.32. The van der Waals surface area contributed by atoms with E-state index in [1.807, 2.05) is 61.1 Å². The van der Waals surface area contributed by atoms with E-state index in [9.17, 15) is 9.59 Å². The lowest BCUT2D eigenvalue weighted by Crippen LogP contribution is -2.19. The summed E-state index contributed by atoms with van der Waals surface area (Å²) < 4.78 is 1.97. The zero-order chi connectivity index (χ0) is 18.3. The van der Waals surface area contributed by atoms with E-state index in [1.54, 1.807) is 11.3 Å². The molecule has 0 saturated carbocycles. The van der Waals surface area contributed by atoms with Crippen molar-refractivity contribution in [3.05, 3.63) is 64.3 Å². The standard InChI is InChI=1S/C20H19N3O2S/c1-12-13(2)26-20(23-9-3-4-10-23)18(12)19(25)21-15-6-7-16-14(11-15)5-8-17(24)22-16/h3-4,6-7,9-11H,5,8H2,1-2H3,(H,21,25)(H,22,24). The Kier molecular flexibility index (Phi) is 4.12. The molecule has 0 fully saturated rings. The van der Waals surface area contributed by atoms with Crippen LogP contribution < -0.4 is 10.6 Å². The first kappa shape index (κ1) is 16.6. The number of aryl methyl sites for hydroxylation is 2. The van der Waals surface area contributed by atoms with Gasteiger partial charge >= 0.3 is 0 Å². The number of hydrogen-bond donors (Lipinski definition) is 2. The Morgan fingerprint density at radius 2 is 1.96 bits per heavy atom. The molecule has 2 aromatic heterocycles. The second kappa shape index (κ2) is 6.46. The summed E-state index contributed by atoms with van der Waals surface area (Å²) in [5.74, 6) is -0.0784. The van der Waals surface area contributed by atoms with Crippen molar-refractivity contribution in [1.82, 2.24) is 4.57 Å². The number of amides is 2. The molecule has 0 spiro atoms. The summed E-state index contributed by atoms with van der Waals surface area (Å²) in [5.41, 5.74) is 4.32. The second-order valence-corrected chi connectivity index (χ2v) is 7.63. The molecule has 0 unspecified atom stereocenters. The molecule has 6 heteroatoms. The Labute approximate surface area is 155 Å². The van der Waals surface area contributed by atoms with Gasteiger partial charge < -0.3 is 15.2 Å². The fourth-order valence-corrected chi connectivity index (χ4v) is 4.30. The third-order valence-electron chi connectivity index (χ3n) is 4.69. The Bertz CT molecular complexity index is 1000. The maximum atomic E-state index is 13.0. The third-order valence-corrected chi connectivity index (χ3v) is 5.91. The van der Waals surface area contributed by atoms with Crippen LogP contribution in [0.1, 0.15) is 32.8 Å². The minimum atomic E-state index is -0.115. The summed E-state index contributed by atoms with van der Waals surface area (Å²) in [4.78, 5) is 25.6. The number of fused-ring (bicyclic) bond motifs is 1. The largest absolute Gasteiger partial charge is 0.326 e. The van der Waals surface area contributed by atoms with Gasteiger partial charge in [0.2, 0.25) is 5.91 Å². The number of benzene rings is 1. The molecular formula is C20H19N3O2S. The van der Waals surface area contributed by atoms with Crippen LogP contribution in [0.25, 0.3) is 5.00 Å². The summed E-state index contributed by atoms with van der Waals surface area (Å²) in [6, 6.07) is 9.51. The maximum absolute atomic E-state index is 13.0. The van der Waals surface area contributed by atoms with Gasteiger partial charge in [0.1, 0.15) is 5.00 Å². The number of nitrogens with zero attached hydrogens (tertiary/aromatic N) is 1. The predicted octanol–water partition coefficient (Wildman–Crippen LogP) is 4.29. The minimum absolute atomic E-state index is 0.0371. The molecule has 4 rings (SSSR count). The van der Waals surface area contributed by atoms with Crippen molar-refractivity contribution in [2.24, 2.45) is 0 Å². The minimum Gasteiger partial charge on any atom is -0.326 e. The number of hydrogen-bond acceptors (Lipinski definition) is 3. The van der Waals surface area contributed by atoms with Crippen molar-refractivity contribution in [2.75, 3.05) is 10.6 Å². The zero-order valence-corrected chi connectivity index (χ0v) is 15.4. The number of rotatable bonds is 3. The number of thiophene rings is 1. The molecule has 132 valence electrons. The van der Waals surface area contributed by atoms with Crippen LogP contribution in [0.3, 0.4) is 0 Å². The van der Waals surface area contributed by atoms with Gasteiger partial charge in [-0.15, -0.1) is 11.3 Å². The Morgan fingerprint density at radius 1 is 1.19 bits per heavy atom. The van der Waals surface area contributed by atoms with E-state index in [-0.39, 0.29) is 11.8 Å². The molecule has 0 radical (unpaired) electrons. The quantitative estimate of drug-likeness (QED) is 0.727. The molecule has 3 heterocycles. The summed E-state index contributed by atoms with van der Waals surface area (Å²) >= 11 is 1.62. The molecule has 26 heavy (non-hydrogen) atoms. The Morgan fingerprint density at radius 3 is 2.73 bits per heavy atom. The SMILES string of the molecule is Cc1sc(-n2cccc2)c(C(=O)Nc2ccc3c(c2)CCC(=O)N3)c1C. The lowest BCUT2D eigenvalue weighted by molar-refractivity contribution is -0.116. The van der Waals surface area contributed by atoms with E-state index >= 15 is 0 Å². The Hall–Kier alpha value is -2.86. The highest BCUT2D eigenvalue weighted by molar-refractivity contribution is 7.15. The van der Waals surface area contributed by atoms with Gasteiger partial charge in [0.15, 0.2) is 0 Å². The van der Waals surface area contributed by atoms with E-state index in [1.165, 1.54) is 0 Å². The zero-order valence-electron chi connectivity index (χ0n) is 14.6. The molecule has 0 bridgehead atoms. The van der Waals surface area contributed by atoms with Gasteiger partial charge in [-0.3, -0.25) is 9.59 Å². The van der Waals surface area contributed by atoms with Crippen molar-refractivity contribution >= 4 is 34.5 Å². The highest BCUT2D eigenvalue weighted by atomic mass is 32.1. The van der Waals surface area contributed by atoms with Crippen molar-refractivity contribution in [3.63, 3.8) is 0 Å².